The Morgan fingerprint density at radius 2 is 2.10 bits per heavy atom. The molecule has 0 bridgehead atoms. The van der Waals surface area contributed by atoms with Crippen LogP contribution in [-0.2, 0) is 58.5 Å². The van der Waals surface area contributed by atoms with Crippen molar-refractivity contribution in [2.24, 2.45) is 10.3 Å². The van der Waals surface area contributed by atoms with Gasteiger partial charge < -0.3 is 25.8 Å². The van der Waals surface area contributed by atoms with Crippen molar-refractivity contribution in [3.8, 4) is 0 Å². The first-order chi connectivity index (χ1) is 9.65. The van der Waals surface area contributed by atoms with Gasteiger partial charge in [0.15, 0.2) is 12.3 Å². The second-order valence-electron chi connectivity index (χ2n) is 3.48. The molecule has 0 amide bonds. The largest absolute Gasteiger partial charge is 0.464 e. The fourth-order valence-electron chi connectivity index (χ4n) is 1.47. The molecule has 1 heterocycles. The van der Waals surface area contributed by atoms with Crippen LogP contribution in [0.5, 0.6) is 0 Å². The van der Waals surface area contributed by atoms with Crippen molar-refractivity contribution in [2.75, 3.05) is 14.2 Å². The molecule has 1 aromatic heterocycles. The van der Waals surface area contributed by atoms with Crippen molar-refractivity contribution in [1.29, 1.82) is 0 Å². The van der Waals surface area contributed by atoms with E-state index in [1.807, 2.05) is 0 Å². The van der Waals surface area contributed by atoms with Gasteiger partial charge in [0.05, 0.1) is 24.1 Å². The van der Waals surface area contributed by atoms with E-state index in [0.717, 1.165) is 0 Å². The number of aromatic nitrogens is 2. The monoisotopic (exact) mass is 368 g/mol. The first kappa shape index (κ1) is 19.6. The summed E-state index contributed by atoms with van der Waals surface area (Å²) in [6.45, 7) is 3.35. The van der Waals surface area contributed by atoms with Gasteiger partial charge in [0, 0.05) is 32.7 Å². The predicted molar refractivity (Wildman–Crippen MR) is 70.2 cm³/mol. The Morgan fingerprint density at radius 1 is 1.38 bits per heavy atom. The summed E-state index contributed by atoms with van der Waals surface area (Å²) in [6, 6.07) is 0. The minimum Gasteiger partial charge on any atom is -0.464 e. The number of carbonyl (C=O) groups is 1. The minimum atomic E-state index is -0.656. The standard InChI is InChI=1S/C12H15N4O4.Y/c1-5-15-20-6-9-10(8(2)13-7-14-9)11(16-19-4)12(17)18-3;/h7H,6H2,1-4H3;/q-1;/b16-11+;. The second kappa shape index (κ2) is 10.3. The molecular weight excluding hydrogens is 353 g/mol. The average molecular weight is 368 g/mol. The van der Waals surface area contributed by atoms with E-state index in [4.69, 9.17) is 4.84 Å². The summed E-state index contributed by atoms with van der Waals surface area (Å²) in [6.07, 6.45) is 3.83. The van der Waals surface area contributed by atoms with Gasteiger partial charge in [-0.1, -0.05) is 5.16 Å². The normalized spacial score (nSPS) is 11.0. The van der Waals surface area contributed by atoms with E-state index >= 15 is 0 Å². The topological polar surface area (TPSA) is 95.3 Å². The smallest absolute Gasteiger partial charge is 0.360 e. The number of methoxy groups -OCH3 is 1. The molecule has 111 valence electrons. The number of rotatable bonds is 6. The van der Waals surface area contributed by atoms with Crippen LogP contribution in [0.15, 0.2) is 16.6 Å². The second-order valence-corrected chi connectivity index (χ2v) is 3.48. The fourth-order valence-corrected chi connectivity index (χ4v) is 1.47. The number of esters is 1. The maximum atomic E-state index is 11.8. The Labute approximate surface area is 147 Å². The van der Waals surface area contributed by atoms with Gasteiger partial charge in [-0.15, -0.1) is 0 Å². The van der Waals surface area contributed by atoms with Crippen LogP contribution in [-0.4, -0.2) is 42.1 Å². The zero-order valence-electron chi connectivity index (χ0n) is 12.3. The number of hydrogen-bond donors (Lipinski definition) is 0. The molecule has 1 aromatic rings. The molecule has 1 radical (unpaired) electrons. The number of aryl methyl sites for hydroxylation is 1. The first-order valence-electron chi connectivity index (χ1n) is 5.64. The molecule has 9 heteroatoms. The van der Waals surface area contributed by atoms with Crippen LogP contribution in [0.3, 0.4) is 0 Å². The molecule has 8 nitrogen and oxygen atoms in total. The van der Waals surface area contributed by atoms with Crippen LogP contribution in [0.4, 0.5) is 0 Å². The molecule has 0 atom stereocenters. The molecule has 0 fully saturated rings. The van der Waals surface area contributed by atoms with Gasteiger partial charge in [0.25, 0.3) is 0 Å². The molecular formula is C12H15N4O4Y-. The minimum absolute atomic E-state index is 0. The molecule has 21 heavy (non-hydrogen) atoms. The molecule has 0 aromatic carbocycles. The average Bonchev–Trinajstić information content (AvgIpc) is 2.45. The summed E-state index contributed by atoms with van der Waals surface area (Å²) in [4.78, 5) is 29.5. The number of ether oxygens (including phenoxy) is 1. The van der Waals surface area contributed by atoms with Crippen LogP contribution >= 0.6 is 0 Å². The van der Waals surface area contributed by atoms with Gasteiger partial charge in [-0.2, -0.15) is 6.92 Å². The van der Waals surface area contributed by atoms with E-state index < -0.39 is 5.97 Å². The SMILES string of the molecule is C[C-]=NOCc1ncnc(C)c1/C(=N\OC)C(=O)OC.[Y]. The summed E-state index contributed by atoms with van der Waals surface area (Å²) in [5.41, 5.74) is 1.35. The van der Waals surface area contributed by atoms with E-state index in [1.54, 1.807) is 13.8 Å². The Balaban J connectivity index is 0.00000400. The third-order valence-electron chi connectivity index (χ3n) is 2.27. The Bertz CT molecular complexity index is 534. The van der Waals surface area contributed by atoms with Gasteiger partial charge in [-0.25, -0.2) is 14.8 Å². The zero-order chi connectivity index (χ0) is 15.0. The third-order valence-corrected chi connectivity index (χ3v) is 2.27. The maximum Gasteiger partial charge on any atom is 0.360 e. The number of nitrogens with zero attached hydrogens (tertiary/aromatic N) is 4. The number of carbonyl (C=O) groups excluding carboxylic acids is 1. The van der Waals surface area contributed by atoms with Gasteiger partial charge in [-0.3, -0.25) is 0 Å². The molecule has 1 rings (SSSR count). The molecule has 0 aliphatic heterocycles. The van der Waals surface area contributed by atoms with Crippen molar-refractivity contribution >= 4 is 17.9 Å². The van der Waals surface area contributed by atoms with Gasteiger partial charge in [-0.05, 0) is 6.92 Å². The van der Waals surface area contributed by atoms with Crippen LogP contribution in [0, 0.1) is 6.92 Å². The number of oxime groups is 1. The van der Waals surface area contributed by atoms with Crippen molar-refractivity contribution in [2.45, 2.75) is 20.5 Å². The molecule has 0 aliphatic carbocycles. The quantitative estimate of drug-likeness (QED) is 0.318. The molecule has 0 unspecified atom stereocenters. The van der Waals surface area contributed by atoms with Crippen LogP contribution in [0.1, 0.15) is 23.9 Å². The Morgan fingerprint density at radius 3 is 2.67 bits per heavy atom. The van der Waals surface area contributed by atoms with Crippen LogP contribution < -0.4 is 0 Å². The van der Waals surface area contributed by atoms with Gasteiger partial charge in [0.2, 0.25) is 0 Å². The summed E-state index contributed by atoms with van der Waals surface area (Å²) < 4.78 is 4.67. The van der Waals surface area contributed by atoms with E-state index in [9.17, 15) is 4.79 Å². The Kier molecular flexibility index (Phi) is 9.65. The van der Waals surface area contributed by atoms with Crippen LogP contribution in [0.2, 0.25) is 0 Å². The van der Waals surface area contributed by atoms with Crippen molar-refractivity contribution in [3.63, 3.8) is 0 Å². The number of hydrogen-bond acceptors (Lipinski definition) is 8. The van der Waals surface area contributed by atoms with E-state index in [2.05, 4.69) is 36.1 Å². The summed E-state index contributed by atoms with van der Waals surface area (Å²) in [7, 11) is 2.58. The molecule has 0 spiro atoms. The summed E-state index contributed by atoms with van der Waals surface area (Å²) in [5, 5.41) is 7.19. The van der Waals surface area contributed by atoms with E-state index in [-0.39, 0.29) is 45.0 Å². The van der Waals surface area contributed by atoms with Crippen LogP contribution in [0.25, 0.3) is 0 Å². The van der Waals surface area contributed by atoms with E-state index in [0.29, 0.717) is 17.0 Å². The first-order valence-corrected chi connectivity index (χ1v) is 5.64. The van der Waals surface area contributed by atoms with Crippen molar-refractivity contribution in [3.05, 3.63) is 23.3 Å². The van der Waals surface area contributed by atoms with Gasteiger partial charge in [0.1, 0.15) is 13.4 Å². The Hall–Kier alpha value is -1.41. The van der Waals surface area contributed by atoms with Crippen molar-refractivity contribution in [1.82, 2.24) is 9.97 Å². The predicted octanol–water partition coefficient (Wildman–Crippen LogP) is 0.705. The van der Waals surface area contributed by atoms with Gasteiger partial charge >= 0.3 is 5.97 Å². The third kappa shape index (κ3) is 5.47. The summed E-state index contributed by atoms with van der Waals surface area (Å²) >= 11 is 0. The maximum absolute atomic E-state index is 11.8. The molecule has 0 saturated carbocycles. The molecule has 0 saturated heterocycles. The van der Waals surface area contributed by atoms with E-state index in [1.165, 1.54) is 20.5 Å². The fraction of sp³-hybridized carbons (Fsp3) is 0.417. The zero-order valence-corrected chi connectivity index (χ0v) is 15.1. The summed E-state index contributed by atoms with van der Waals surface area (Å²) in [5.74, 6) is -0.656. The molecule has 0 aliphatic rings. The van der Waals surface area contributed by atoms with Crippen molar-refractivity contribution < 1.29 is 51.9 Å². The molecule has 0 N–H and O–H groups in total.